The van der Waals surface area contributed by atoms with E-state index in [0.717, 1.165) is 19.5 Å². The van der Waals surface area contributed by atoms with Crippen LogP contribution in [0.15, 0.2) is 60.7 Å². The first-order chi connectivity index (χ1) is 11.6. The van der Waals surface area contributed by atoms with Gasteiger partial charge in [-0.3, -0.25) is 9.69 Å². The van der Waals surface area contributed by atoms with Crippen LogP contribution in [0.5, 0.6) is 0 Å². The molecule has 0 radical (unpaired) electrons. The summed E-state index contributed by atoms with van der Waals surface area (Å²) in [7, 11) is 0. The van der Waals surface area contributed by atoms with Gasteiger partial charge in [0.1, 0.15) is 5.82 Å². The zero-order valence-electron chi connectivity index (χ0n) is 13.7. The molecule has 3 nitrogen and oxygen atoms in total. The van der Waals surface area contributed by atoms with Crippen LogP contribution < -0.4 is 5.32 Å². The number of benzene rings is 2. The van der Waals surface area contributed by atoms with Gasteiger partial charge in [0.15, 0.2) is 0 Å². The highest BCUT2D eigenvalue weighted by atomic mass is 19.1. The minimum atomic E-state index is -0.310. The summed E-state index contributed by atoms with van der Waals surface area (Å²) in [6.45, 7) is 3.50. The van der Waals surface area contributed by atoms with Gasteiger partial charge < -0.3 is 5.32 Å². The van der Waals surface area contributed by atoms with E-state index in [-0.39, 0.29) is 17.8 Å². The molecule has 0 fully saturated rings. The molecule has 0 saturated carbocycles. The second kappa shape index (κ2) is 7.41. The molecule has 1 heterocycles. The number of rotatable bonds is 4. The van der Waals surface area contributed by atoms with Gasteiger partial charge in [0.05, 0.1) is 6.04 Å². The lowest BCUT2D eigenvalue weighted by Gasteiger charge is -2.31. The smallest absolute Gasteiger partial charge is 0.241 e. The van der Waals surface area contributed by atoms with Crippen molar-refractivity contribution in [2.45, 2.75) is 19.4 Å². The van der Waals surface area contributed by atoms with E-state index in [2.05, 4.69) is 28.4 Å². The minimum absolute atomic E-state index is 0.0711. The summed E-state index contributed by atoms with van der Waals surface area (Å²) in [6, 6.07) is 15.9. The largest absolute Gasteiger partial charge is 0.325 e. The van der Waals surface area contributed by atoms with Gasteiger partial charge in [0.2, 0.25) is 5.91 Å². The van der Waals surface area contributed by atoms with Crippen molar-refractivity contribution in [2.24, 2.45) is 0 Å². The van der Waals surface area contributed by atoms with Crippen LogP contribution in [-0.2, 0) is 4.79 Å². The van der Waals surface area contributed by atoms with Crippen molar-refractivity contribution in [2.75, 3.05) is 18.4 Å². The molecule has 0 aliphatic carbocycles. The molecule has 1 aliphatic heterocycles. The minimum Gasteiger partial charge on any atom is -0.325 e. The third kappa shape index (κ3) is 3.89. The van der Waals surface area contributed by atoms with Gasteiger partial charge >= 0.3 is 0 Å². The number of amides is 1. The summed E-state index contributed by atoms with van der Waals surface area (Å²) in [5.41, 5.74) is 3.20. The average Bonchev–Trinajstić information content (AvgIpc) is 2.64. The third-order valence-electron chi connectivity index (χ3n) is 4.42. The predicted octanol–water partition coefficient (Wildman–Crippen LogP) is 3.94. The standard InChI is InChI=1S/C20H21FN2O/c1-15(20(24)22-19-9-7-18(21)8-10-19)23-13-11-17(12-14-23)16-5-3-2-4-6-16/h2-11,15H,12-14H2,1H3,(H,22,24)/t15-/m1/s1. The summed E-state index contributed by atoms with van der Waals surface area (Å²) >= 11 is 0. The van der Waals surface area contributed by atoms with Crippen LogP contribution in [0.2, 0.25) is 0 Å². The van der Waals surface area contributed by atoms with Crippen LogP contribution in [0.25, 0.3) is 5.57 Å². The van der Waals surface area contributed by atoms with Crippen LogP contribution >= 0.6 is 0 Å². The van der Waals surface area contributed by atoms with Crippen molar-refractivity contribution in [3.8, 4) is 0 Å². The molecule has 0 bridgehead atoms. The Balaban J connectivity index is 1.60. The quantitative estimate of drug-likeness (QED) is 0.924. The molecule has 1 aliphatic rings. The maximum absolute atomic E-state index is 12.9. The molecule has 0 aromatic heterocycles. The number of carbonyl (C=O) groups excluding carboxylic acids is 1. The SMILES string of the molecule is C[C@H](C(=O)Nc1ccc(F)cc1)N1CC=C(c2ccccc2)CC1. The highest BCUT2D eigenvalue weighted by Gasteiger charge is 2.23. The summed E-state index contributed by atoms with van der Waals surface area (Å²) < 4.78 is 12.9. The van der Waals surface area contributed by atoms with E-state index >= 15 is 0 Å². The summed E-state index contributed by atoms with van der Waals surface area (Å²) in [5, 5.41) is 2.84. The molecule has 24 heavy (non-hydrogen) atoms. The zero-order valence-corrected chi connectivity index (χ0v) is 13.7. The van der Waals surface area contributed by atoms with Gasteiger partial charge in [-0.2, -0.15) is 0 Å². The Bertz CT molecular complexity index is 725. The average molecular weight is 324 g/mol. The molecular formula is C20H21FN2O. The summed E-state index contributed by atoms with van der Waals surface area (Å²) in [5.74, 6) is -0.381. The number of hydrogen-bond acceptors (Lipinski definition) is 2. The van der Waals surface area contributed by atoms with Crippen LogP contribution in [0, 0.1) is 5.82 Å². The van der Waals surface area contributed by atoms with E-state index in [0.29, 0.717) is 5.69 Å². The number of nitrogens with zero attached hydrogens (tertiary/aromatic N) is 1. The van der Waals surface area contributed by atoms with E-state index < -0.39 is 0 Å². The van der Waals surface area contributed by atoms with Gasteiger partial charge in [-0.15, -0.1) is 0 Å². The van der Waals surface area contributed by atoms with Crippen molar-refractivity contribution >= 4 is 17.2 Å². The van der Waals surface area contributed by atoms with Crippen molar-refractivity contribution in [1.82, 2.24) is 4.90 Å². The second-order valence-electron chi connectivity index (χ2n) is 6.01. The summed E-state index contributed by atoms with van der Waals surface area (Å²) in [4.78, 5) is 14.5. The molecule has 1 amide bonds. The lowest BCUT2D eigenvalue weighted by atomic mass is 9.99. The molecule has 0 saturated heterocycles. The normalized spacial score (nSPS) is 16.3. The lowest BCUT2D eigenvalue weighted by Crippen LogP contribution is -2.44. The maximum Gasteiger partial charge on any atom is 0.241 e. The number of halogens is 1. The van der Waals surface area contributed by atoms with Crippen LogP contribution in [0.3, 0.4) is 0 Å². The number of carbonyl (C=O) groups is 1. The van der Waals surface area contributed by atoms with Gasteiger partial charge in [-0.1, -0.05) is 36.4 Å². The van der Waals surface area contributed by atoms with Gasteiger partial charge in [-0.05, 0) is 48.7 Å². The molecule has 1 atom stereocenters. The van der Waals surface area contributed by atoms with Crippen molar-refractivity contribution in [3.63, 3.8) is 0 Å². The van der Waals surface area contributed by atoms with Crippen molar-refractivity contribution in [3.05, 3.63) is 72.1 Å². The highest BCUT2D eigenvalue weighted by molar-refractivity contribution is 5.94. The fraction of sp³-hybridized carbons (Fsp3) is 0.250. The highest BCUT2D eigenvalue weighted by Crippen LogP contribution is 2.23. The molecule has 2 aromatic carbocycles. The Hall–Kier alpha value is -2.46. The fourth-order valence-corrected chi connectivity index (χ4v) is 2.90. The van der Waals surface area contributed by atoms with Crippen LogP contribution in [0.1, 0.15) is 18.9 Å². The van der Waals surface area contributed by atoms with Crippen LogP contribution in [0.4, 0.5) is 10.1 Å². The molecule has 1 N–H and O–H groups in total. The van der Waals surface area contributed by atoms with Gasteiger partial charge in [0, 0.05) is 18.8 Å². The van der Waals surface area contributed by atoms with E-state index in [9.17, 15) is 9.18 Å². The molecule has 3 rings (SSSR count). The van der Waals surface area contributed by atoms with Gasteiger partial charge in [0.25, 0.3) is 0 Å². The topological polar surface area (TPSA) is 32.3 Å². The number of anilines is 1. The molecular weight excluding hydrogens is 303 g/mol. The first kappa shape index (κ1) is 16.4. The predicted molar refractivity (Wildman–Crippen MR) is 95.1 cm³/mol. The zero-order chi connectivity index (χ0) is 16.9. The van der Waals surface area contributed by atoms with Crippen LogP contribution in [-0.4, -0.2) is 29.9 Å². The fourth-order valence-electron chi connectivity index (χ4n) is 2.90. The second-order valence-corrected chi connectivity index (χ2v) is 6.01. The molecule has 0 unspecified atom stereocenters. The van der Waals surface area contributed by atoms with Gasteiger partial charge in [-0.25, -0.2) is 4.39 Å². The Labute approximate surface area is 141 Å². The summed E-state index contributed by atoms with van der Waals surface area (Å²) in [6.07, 6.45) is 3.12. The lowest BCUT2D eigenvalue weighted by molar-refractivity contribution is -0.120. The Morgan fingerprint density at radius 1 is 1.12 bits per heavy atom. The third-order valence-corrected chi connectivity index (χ3v) is 4.42. The first-order valence-electron chi connectivity index (χ1n) is 8.18. The number of nitrogens with one attached hydrogen (secondary N) is 1. The Morgan fingerprint density at radius 2 is 1.83 bits per heavy atom. The number of hydrogen-bond donors (Lipinski definition) is 1. The Kier molecular flexibility index (Phi) is 5.06. The molecule has 124 valence electrons. The van der Waals surface area contributed by atoms with Crippen molar-refractivity contribution in [1.29, 1.82) is 0 Å². The molecule has 0 spiro atoms. The van der Waals surface area contributed by atoms with E-state index in [1.54, 1.807) is 12.1 Å². The first-order valence-corrected chi connectivity index (χ1v) is 8.18. The maximum atomic E-state index is 12.9. The molecule has 4 heteroatoms. The molecule has 2 aromatic rings. The monoisotopic (exact) mass is 324 g/mol. The van der Waals surface area contributed by atoms with E-state index in [1.165, 1.54) is 23.3 Å². The van der Waals surface area contributed by atoms with Crippen molar-refractivity contribution < 1.29 is 9.18 Å². The van der Waals surface area contributed by atoms with E-state index in [4.69, 9.17) is 0 Å². The Morgan fingerprint density at radius 3 is 2.46 bits per heavy atom. The van der Waals surface area contributed by atoms with E-state index in [1.807, 2.05) is 25.1 Å².